The van der Waals surface area contributed by atoms with Crippen LogP contribution in [0, 0.1) is 13.8 Å². The second-order valence-electron chi connectivity index (χ2n) is 8.39. The SMILES string of the molecule is CNC(=O)N1N=C(c2ccc(-c3c(C)noc3C)cc2)c2ccccc2C(OC(F)F)C1(C)OC(F)F. The molecule has 2 unspecified atom stereocenters. The van der Waals surface area contributed by atoms with E-state index in [2.05, 4.69) is 15.6 Å². The van der Waals surface area contributed by atoms with Crippen LogP contribution in [0.25, 0.3) is 11.1 Å². The van der Waals surface area contributed by atoms with E-state index in [4.69, 9.17) is 14.0 Å². The fraction of sp³-hybridized carbons (Fsp3) is 0.320. The Kier molecular flexibility index (Phi) is 7.32. The predicted molar refractivity (Wildman–Crippen MR) is 125 cm³/mol. The van der Waals surface area contributed by atoms with Crippen LogP contribution in [0.4, 0.5) is 22.4 Å². The topological polar surface area (TPSA) is 89.2 Å². The van der Waals surface area contributed by atoms with Crippen LogP contribution in [0.15, 0.2) is 58.2 Å². The molecule has 12 heteroatoms. The first kappa shape index (κ1) is 26.3. The van der Waals surface area contributed by atoms with Crippen molar-refractivity contribution in [2.45, 2.75) is 45.8 Å². The lowest BCUT2D eigenvalue weighted by Gasteiger charge is -2.41. The van der Waals surface area contributed by atoms with Gasteiger partial charge in [-0.1, -0.05) is 53.7 Å². The molecule has 0 radical (unpaired) electrons. The van der Waals surface area contributed by atoms with Gasteiger partial charge in [-0.3, -0.25) is 4.74 Å². The minimum Gasteiger partial charge on any atom is -0.361 e. The van der Waals surface area contributed by atoms with Crippen molar-refractivity contribution in [2.75, 3.05) is 7.05 Å². The molecule has 196 valence electrons. The number of aryl methyl sites for hydroxylation is 2. The minimum absolute atomic E-state index is 0.0888. The summed E-state index contributed by atoms with van der Waals surface area (Å²) in [6, 6.07) is 12.2. The largest absolute Gasteiger partial charge is 0.361 e. The van der Waals surface area contributed by atoms with Crippen LogP contribution in [-0.2, 0) is 9.47 Å². The standard InChI is InChI=1S/C25H24F4N4O4/c1-13-19(14(2)37-32-13)15-9-11-16(12-10-15)20-17-7-5-6-8-18(17)21(35-22(26)27)25(3,36-23(28)29)33(31-20)24(34)30-4/h5-12,21-23H,1-4H3,(H,30,34). The molecule has 0 aliphatic carbocycles. The number of aromatic nitrogens is 1. The highest BCUT2D eigenvalue weighted by molar-refractivity contribution is 6.14. The number of ether oxygens (including phenoxy) is 2. The van der Waals surface area contributed by atoms with Crippen molar-refractivity contribution in [1.82, 2.24) is 15.5 Å². The maximum absolute atomic E-state index is 13.6. The van der Waals surface area contributed by atoms with Crippen molar-refractivity contribution in [3.63, 3.8) is 0 Å². The smallest absolute Gasteiger partial charge is 0.347 e. The highest BCUT2D eigenvalue weighted by atomic mass is 19.3. The van der Waals surface area contributed by atoms with E-state index in [9.17, 15) is 22.4 Å². The highest BCUT2D eigenvalue weighted by Crippen LogP contribution is 2.43. The Morgan fingerprint density at radius 1 is 1.05 bits per heavy atom. The average molecular weight is 520 g/mol. The van der Waals surface area contributed by atoms with E-state index in [1.807, 2.05) is 0 Å². The molecule has 2 atom stereocenters. The molecule has 8 nitrogen and oxygen atoms in total. The number of carbonyl (C=O) groups excluding carboxylic acids is 1. The number of benzene rings is 2. The number of nitrogens with one attached hydrogen (secondary N) is 1. The lowest BCUT2D eigenvalue weighted by Crippen LogP contribution is -2.56. The summed E-state index contributed by atoms with van der Waals surface area (Å²) in [4.78, 5) is 12.9. The van der Waals surface area contributed by atoms with Crippen LogP contribution in [0.5, 0.6) is 0 Å². The molecule has 0 spiro atoms. The van der Waals surface area contributed by atoms with Crippen molar-refractivity contribution in [2.24, 2.45) is 5.10 Å². The number of carbonyl (C=O) groups is 1. The van der Waals surface area contributed by atoms with E-state index >= 15 is 0 Å². The van der Waals surface area contributed by atoms with Gasteiger partial charge < -0.3 is 14.6 Å². The zero-order chi connectivity index (χ0) is 26.9. The van der Waals surface area contributed by atoms with Gasteiger partial charge in [0.1, 0.15) is 11.9 Å². The van der Waals surface area contributed by atoms with E-state index in [0.717, 1.165) is 18.1 Å². The number of fused-ring (bicyclic) bond motifs is 1. The summed E-state index contributed by atoms with van der Waals surface area (Å²) in [5.74, 6) is 0.625. The predicted octanol–water partition coefficient (Wildman–Crippen LogP) is 5.60. The highest BCUT2D eigenvalue weighted by Gasteiger charge is 2.51. The van der Waals surface area contributed by atoms with E-state index in [1.165, 1.54) is 19.2 Å². The van der Waals surface area contributed by atoms with E-state index in [1.54, 1.807) is 50.2 Å². The molecule has 4 rings (SSSR count). The fourth-order valence-corrected chi connectivity index (χ4v) is 4.44. The molecule has 0 saturated carbocycles. The van der Waals surface area contributed by atoms with Crippen molar-refractivity contribution in [3.8, 4) is 11.1 Å². The van der Waals surface area contributed by atoms with Crippen molar-refractivity contribution < 1.29 is 36.4 Å². The Hall–Kier alpha value is -3.77. The molecule has 1 N–H and O–H groups in total. The fourth-order valence-electron chi connectivity index (χ4n) is 4.44. The quantitative estimate of drug-likeness (QED) is 0.428. The summed E-state index contributed by atoms with van der Waals surface area (Å²) in [7, 11) is 1.25. The van der Waals surface area contributed by atoms with Gasteiger partial charge in [0.15, 0.2) is 5.72 Å². The van der Waals surface area contributed by atoms with Crippen molar-refractivity contribution in [3.05, 3.63) is 76.7 Å². The number of rotatable bonds is 6. The van der Waals surface area contributed by atoms with Gasteiger partial charge in [0.2, 0.25) is 0 Å². The molecule has 37 heavy (non-hydrogen) atoms. The third kappa shape index (κ3) is 4.94. The Morgan fingerprint density at radius 2 is 1.70 bits per heavy atom. The second-order valence-corrected chi connectivity index (χ2v) is 8.39. The minimum atomic E-state index is -3.43. The summed E-state index contributed by atoms with van der Waals surface area (Å²) in [6.07, 6.45) is -1.82. The van der Waals surface area contributed by atoms with Crippen LogP contribution >= 0.6 is 0 Å². The van der Waals surface area contributed by atoms with Gasteiger partial charge in [0, 0.05) is 23.7 Å². The molecule has 1 aromatic heterocycles. The third-order valence-electron chi connectivity index (χ3n) is 6.06. The molecule has 2 aromatic carbocycles. The second kappa shape index (κ2) is 10.3. The van der Waals surface area contributed by atoms with Crippen molar-refractivity contribution in [1.29, 1.82) is 0 Å². The van der Waals surface area contributed by atoms with Crippen LogP contribution in [-0.4, -0.2) is 47.9 Å². The first-order valence-electron chi connectivity index (χ1n) is 11.2. The van der Waals surface area contributed by atoms with E-state index in [0.29, 0.717) is 27.6 Å². The zero-order valence-electron chi connectivity index (χ0n) is 20.3. The van der Waals surface area contributed by atoms with E-state index < -0.39 is 31.1 Å². The number of hydrogen-bond acceptors (Lipinski definition) is 6. The Balaban J connectivity index is 1.93. The zero-order valence-corrected chi connectivity index (χ0v) is 20.3. The van der Waals surface area contributed by atoms with Gasteiger partial charge in [0.05, 0.1) is 11.4 Å². The molecular formula is C25H24F4N4O4. The Morgan fingerprint density at radius 3 is 2.27 bits per heavy atom. The number of amides is 2. The number of hydrazone groups is 1. The summed E-state index contributed by atoms with van der Waals surface area (Å²) in [5.41, 5.74) is 0.891. The number of hydrogen-bond donors (Lipinski definition) is 1. The molecule has 1 aliphatic rings. The lowest BCUT2D eigenvalue weighted by atomic mass is 9.90. The molecule has 1 aliphatic heterocycles. The molecule has 3 aromatic rings. The normalized spacial score (nSPS) is 19.6. The van der Waals surface area contributed by atoms with Crippen molar-refractivity contribution >= 4 is 11.7 Å². The first-order valence-corrected chi connectivity index (χ1v) is 11.2. The number of nitrogens with zero attached hydrogens (tertiary/aromatic N) is 3. The van der Waals surface area contributed by atoms with Gasteiger partial charge in [-0.2, -0.15) is 27.7 Å². The monoisotopic (exact) mass is 520 g/mol. The molecule has 2 heterocycles. The molecule has 2 amide bonds. The Labute approximate surface area is 209 Å². The van der Waals surface area contributed by atoms with Crippen LogP contribution in [0.3, 0.4) is 0 Å². The number of halogens is 4. The van der Waals surface area contributed by atoms with Gasteiger partial charge in [0.25, 0.3) is 0 Å². The molecule has 0 bridgehead atoms. The molecular weight excluding hydrogens is 496 g/mol. The van der Waals surface area contributed by atoms with Gasteiger partial charge in [-0.25, -0.2) is 4.79 Å². The van der Waals surface area contributed by atoms with Crippen LogP contribution in [0.2, 0.25) is 0 Å². The maximum atomic E-state index is 13.6. The van der Waals surface area contributed by atoms with E-state index in [-0.39, 0.29) is 11.3 Å². The van der Waals surface area contributed by atoms with Gasteiger partial charge >= 0.3 is 19.3 Å². The lowest BCUT2D eigenvalue weighted by molar-refractivity contribution is -0.309. The summed E-state index contributed by atoms with van der Waals surface area (Å²) in [5, 5.41) is 11.2. The Bertz CT molecular complexity index is 1290. The third-order valence-corrected chi connectivity index (χ3v) is 6.06. The van der Waals surface area contributed by atoms with Crippen LogP contribution in [0.1, 0.15) is 41.2 Å². The number of alkyl halides is 4. The summed E-state index contributed by atoms with van der Waals surface area (Å²) < 4.78 is 69.2. The van der Waals surface area contributed by atoms with Gasteiger partial charge in [-0.15, -0.1) is 0 Å². The number of urea groups is 1. The molecule has 0 fully saturated rings. The maximum Gasteiger partial charge on any atom is 0.347 e. The summed E-state index contributed by atoms with van der Waals surface area (Å²) >= 11 is 0. The van der Waals surface area contributed by atoms with Crippen LogP contribution < -0.4 is 5.32 Å². The van der Waals surface area contributed by atoms with Gasteiger partial charge in [-0.05, 0) is 31.9 Å². The molecule has 0 saturated heterocycles. The average Bonchev–Trinajstić information content (AvgIpc) is 3.15. The first-order chi connectivity index (χ1) is 17.6. The summed E-state index contributed by atoms with van der Waals surface area (Å²) in [6.45, 7) is -2.16.